The number of ketones is 1. The van der Waals surface area contributed by atoms with Crippen molar-refractivity contribution >= 4 is 18.2 Å². The number of carbonyl (C=O) groups excluding carboxylic acids is 1. The minimum atomic E-state index is -0.668. The van der Waals surface area contributed by atoms with Crippen LogP contribution in [0, 0.1) is 11.7 Å². The van der Waals surface area contributed by atoms with Gasteiger partial charge in [0.2, 0.25) is 0 Å². The largest absolute Gasteiger partial charge is 0.368 e. The lowest BCUT2D eigenvalue weighted by Crippen LogP contribution is -2.38. The molecule has 1 fully saturated rings. The first kappa shape index (κ1) is 20.0. The van der Waals surface area contributed by atoms with Crippen LogP contribution in [0.2, 0.25) is 0 Å². The fourth-order valence-electron chi connectivity index (χ4n) is 2.61. The van der Waals surface area contributed by atoms with E-state index in [1.807, 2.05) is 6.92 Å². The number of ether oxygens (including phenoxy) is 1. The highest BCUT2D eigenvalue weighted by Gasteiger charge is 2.22. The van der Waals surface area contributed by atoms with Crippen molar-refractivity contribution in [3.63, 3.8) is 0 Å². The molecule has 1 N–H and O–H groups in total. The second kappa shape index (κ2) is 9.98. The van der Waals surface area contributed by atoms with E-state index in [9.17, 15) is 14.3 Å². The van der Waals surface area contributed by atoms with Crippen molar-refractivity contribution in [2.75, 3.05) is 26.2 Å². The lowest BCUT2D eigenvalue weighted by atomic mass is 9.97. The molecule has 1 aliphatic heterocycles. The van der Waals surface area contributed by atoms with Gasteiger partial charge < -0.3 is 9.84 Å². The molecule has 23 heavy (non-hydrogen) atoms. The maximum atomic E-state index is 12.9. The molecular weight excluding hydrogens is 321 g/mol. The summed E-state index contributed by atoms with van der Waals surface area (Å²) in [5, 5.41) is 9.40. The Morgan fingerprint density at radius 2 is 1.96 bits per heavy atom. The van der Waals surface area contributed by atoms with E-state index in [4.69, 9.17) is 4.74 Å². The summed E-state index contributed by atoms with van der Waals surface area (Å²) in [6.07, 6.45) is 1.86. The Hall–Kier alpha value is -1.01. The van der Waals surface area contributed by atoms with Crippen LogP contribution in [0.5, 0.6) is 0 Å². The van der Waals surface area contributed by atoms with Gasteiger partial charge in [0.1, 0.15) is 5.82 Å². The van der Waals surface area contributed by atoms with Gasteiger partial charge in [-0.15, -0.1) is 12.4 Å². The normalized spacial score (nSPS) is 17.5. The number of benzene rings is 1. The van der Waals surface area contributed by atoms with Crippen molar-refractivity contribution < 1.29 is 19.0 Å². The molecule has 6 heteroatoms. The summed E-state index contributed by atoms with van der Waals surface area (Å²) in [7, 11) is 0. The summed E-state index contributed by atoms with van der Waals surface area (Å²) < 4.78 is 18.2. The lowest BCUT2D eigenvalue weighted by molar-refractivity contribution is -0.114. The Bertz CT molecular complexity index is 475. The fraction of sp³-hybridized carbons (Fsp3) is 0.588. The highest BCUT2D eigenvalue weighted by atomic mass is 35.5. The number of aliphatic hydroxyl groups excluding tert-OH is 1. The molecule has 0 bridgehead atoms. The van der Waals surface area contributed by atoms with Crippen LogP contribution in [0.25, 0.3) is 0 Å². The van der Waals surface area contributed by atoms with E-state index < -0.39 is 6.29 Å². The van der Waals surface area contributed by atoms with Gasteiger partial charge in [-0.2, -0.15) is 0 Å². The summed E-state index contributed by atoms with van der Waals surface area (Å²) in [6.45, 7) is 4.53. The molecule has 0 amide bonds. The van der Waals surface area contributed by atoms with Gasteiger partial charge in [-0.3, -0.25) is 9.69 Å². The molecule has 1 atom stereocenters. The molecule has 1 heterocycles. The number of likely N-dealkylation sites (tertiary alicyclic amines) is 1. The van der Waals surface area contributed by atoms with Crippen molar-refractivity contribution in [3.05, 3.63) is 35.6 Å². The van der Waals surface area contributed by atoms with Crippen LogP contribution >= 0.6 is 12.4 Å². The zero-order valence-corrected chi connectivity index (χ0v) is 14.2. The number of carbonyl (C=O) groups is 1. The summed E-state index contributed by atoms with van der Waals surface area (Å²) >= 11 is 0. The van der Waals surface area contributed by atoms with E-state index in [0.29, 0.717) is 31.1 Å². The number of nitrogens with zero attached hydrogens (tertiary/aromatic N) is 1. The third kappa shape index (κ3) is 6.55. The van der Waals surface area contributed by atoms with Crippen molar-refractivity contribution in [2.45, 2.75) is 32.5 Å². The number of hydrogen-bond donors (Lipinski definition) is 1. The van der Waals surface area contributed by atoms with Crippen LogP contribution in [0.1, 0.15) is 36.5 Å². The molecule has 1 aromatic rings. The minimum absolute atomic E-state index is 0. The monoisotopic (exact) mass is 345 g/mol. The fourth-order valence-corrected chi connectivity index (χ4v) is 2.61. The van der Waals surface area contributed by atoms with Gasteiger partial charge >= 0.3 is 0 Å². The van der Waals surface area contributed by atoms with E-state index >= 15 is 0 Å². The molecule has 1 aliphatic rings. The van der Waals surface area contributed by atoms with Crippen molar-refractivity contribution in [2.24, 2.45) is 5.92 Å². The van der Waals surface area contributed by atoms with Gasteiger partial charge in [-0.05, 0) is 62.5 Å². The highest BCUT2D eigenvalue weighted by molar-refractivity contribution is 5.97. The van der Waals surface area contributed by atoms with E-state index in [-0.39, 0.29) is 24.0 Å². The summed E-state index contributed by atoms with van der Waals surface area (Å²) in [4.78, 5) is 14.3. The smallest absolute Gasteiger partial charge is 0.176 e. The first-order chi connectivity index (χ1) is 10.6. The molecule has 0 aliphatic carbocycles. The first-order valence-electron chi connectivity index (χ1n) is 7.89. The molecule has 1 saturated heterocycles. The lowest BCUT2D eigenvalue weighted by Gasteiger charge is -2.31. The Morgan fingerprint density at radius 3 is 2.52 bits per heavy atom. The average molecular weight is 346 g/mol. The summed E-state index contributed by atoms with van der Waals surface area (Å²) in [5.41, 5.74) is 0.554. The number of Topliss-reactive ketones (excluding diaryl/α,β-unsaturated/α-hetero) is 1. The van der Waals surface area contributed by atoms with Gasteiger partial charge in [0, 0.05) is 5.56 Å². The topological polar surface area (TPSA) is 49.8 Å². The number of hydrogen-bond acceptors (Lipinski definition) is 4. The molecule has 130 valence electrons. The van der Waals surface area contributed by atoms with Crippen LogP contribution in [0.4, 0.5) is 4.39 Å². The van der Waals surface area contributed by atoms with Crippen molar-refractivity contribution in [1.82, 2.24) is 4.90 Å². The molecular formula is C17H25ClFNO3. The zero-order valence-electron chi connectivity index (χ0n) is 13.4. The van der Waals surface area contributed by atoms with Crippen LogP contribution < -0.4 is 0 Å². The van der Waals surface area contributed by atoms with Crippen LogP contribution in [-0.4, -0.2) is 48.3 Å². The van der Waals surface area contributed by atoms with Gasteiger partial charge in [0.25, 0.3) is 0 Å². The van der Waals surface area contributed by atoms with Crippen LogP contribution in [0.3, 0.4) is 0 Å². The van der Waals surface area contributed by atoms with Gasteiger partial charge in [0.05, 0.1) is 13.2 Å². The van der Waals surface area contributed by atoms with Crippen molar-refractivity contribution in [1.29, 1.82) is 0 Å². The van der Waals surface area contributed by atoms with Gasteiger partial charge in [0.15, 0.2) is 12.1 Å². The van der Waals surface area contributed by atoms with Crippen LogP contribution in [-0.2, 0) is 4.74 Å². The van der Waals surface area contributed by atoms with E-state index in [1.165, 1.54) is 24.3 Å². The molecule has 1 aromatic carbocycles. The molecule has 0 radical (unpaired) electrons. The van der Waals surface area contributed by atoms with Gasteiger partial charge in [-0.1, -0.05) is 6.92 Å². The second-order valence-corrected chi connectivity index (χ2v) is 5.85. The minimum Gasteiger partial charge on any atom is -0.368 e. The Labute approximate surface area is 143 Å². The number of piperidine rings is 1. The number of aliphatic hydroxyl groups is 1. The Kier molecular flexibility index (Phi) is 8.69. The Morgan fingerprint density at radius 1 is 1.35 bits per heavy atom. The quantitative estimate of drug-likeness (QED) is 0.610. The SMILES string of the molecule is CCC(O)OCC1CCN(CC(=O)c2ccc(F)cc2)CC1.Cl. The standard InChI is InChI=1S/C17H24FNO3.ClH/c1-2-17(21)22-12-13-7-9-19(10-8-13)11-16(20)14-3-5-15(18)6-4-14;/h3-6,13,17,21H,2,7-12H2,1H3;1H. The molecule has 0 aromatic heterocycles. The van der Waals surface area contributed by atoms with Gasteiger partial charge in [-0.25, -0.2) is 4.39 Å². The van der Waals surface area contributed by atoms with Crippen LogP contribution in [0.15, 0.2) is 24.3 Å². The predicted octanol–water partition coefficient (Wildman–Crippen LogP) is 2.89. The Balaban J connectivity index is 0.00000264. The number of halogens is 2. The maximum absolute atomic E-state index is 12.9. The summed E-state index contributed by atoms with van der Waals surface area (Å²) in [5.74, 6) is 0.140. The highest BCUT2D eigenvalue weighted by Crippen LogP contribution is 2.18. The molecule has 0 spiro atoms. The van der Waals surface area contributed by atoms with Crippen molar-refractivity contribution in [3.8, 4) is 0 Å². The molecule has 0 saturated carbocycles. The predicted molar refractivity (Wildman–Crippen MR) is 89.4 cm³/mol. The maximum Gasteiger partial charge on any atom is 0.176 e. The average Bonchev–Trinajstić information content (AvgIpc) is 2.54. The first-order valence-corrected chi connectivity index (χ1v) is 7.89. The number of rotatable bonds is 7. The van der Waals surface area contributed by atoms with E-state index in [1.54, 1.807) is 0 Å². The molecule has 2 rings (SSSR count). The molecule has 4 nitrogen and oxygen atoms in total. The van der Waals surface area contributed by atoms with E-state index in [2.05, 4.69) is 4.90 Å². The molecule has 1 unspecified atom stereocenters. The third-order valence-electron chi connectivity index (χ3n) is 4.11. The zero-order chi connectivity index (χ0) is 15.9. The second-order valence-electron chi connectivity index (χ2n) is 5.85. The van der Waals surface area contributed by atoms with E-state index in [0.717, 1.165) is 25.9 Å². The third-order valence-corrected chi connectivity index (χ3v) is 4.11. The summed E-state index contributed by atoms with van der Waals surface area (Å²) in [6, 6.07) is 5.69.